The van der Waals surface area contributed by atoms with Crippen molar-refractivity contribution in [3.05, 3.63) is 35.7 Å². The smallest absolute Gasteiger partial charge is 0.354 e. The maximum absolute atomic E-state index is 11.2. The highest BCUT2D eigenvalue weighted by Gasteiger charge is 2.07. The van der Waals surface area contributed by atoms with Crippen LogP contribution in [0.2, 0.25) is 0 Å². The number of hydrogen-bond acceptors (Lipinski definition) is 6. The molecular weight excluding hydrogens is 236 g/mol. The number of aromatic nitrogens is 3. The molecule has 0 fully saturated rings. The molecule has 0 aromatic carbocycles. The van der Waals surface area contributed by atoms with E-state index in [0.717, 1.165) is 12.2 Å². The molecule has 7 nitrogen and oxygen atoms in total. The minimum Gasteiger partial charge on any atom is -0.464 e. The molecule has 18 heavy (non-hydrogen) atoms. The van der Waals surface area contributed by atoms with Crippen LogP contribution in [0.25, 0.3) is 0 Å². The second-order valence-corrected chi connectivity index (χ2v) is 3.65. The van der Waals surface area contributed by atoms with E-state index < -0.39 is 0 Å². The minimum atomic E-state index is -0.368. The number of esters is 1. The van der Waals surface area contributed by atoms with E-state index in [1.807, 2.05) is 6.07 Å². The van der Waals surface area contributed by atoms with Gasteiger partial charge in [0.15, 0.2) is 6.33 Å². The first-order valence-electron chi connectivity index (χ1n) is 5.52. The van der Waals surface area contributed by atoms with Crippen LogP contribution in [-0.4, -0.2) is 34.7 Å². The molecule has 7 heteroatoms. The maximum atomic E-state index is 11.2. The van der Waals surface area contributed by atoms with Gasteiger partial charge in [-0.2, -0.15) is 4.98 Å². The second-order valence-electron chi connectivity index (χ2n) is 3.65. The summed E-state index contributed by atoms with van der Waals surface area (Å²) in [6.45, 7) is 1.35. The number of carbonyl (C=O) groups is 1. The molecule has 0 aliphatic rings. The van der Waals surface area contributed by atoms with E-state index in [1.165, 1.54) is 13.4 Å². The number of methoxy groups -OCH3 is 1. The SMILES string of the molecule is COC(=O)c1ccc(CNCCc2ncno2)[nH]1. The molecule has 2 N–H and O–H groups in total. The number of nitrogens with zero attached hydrogens (tertiary/aromatic N) is 2. The minimum absolute atomic E-state index is 0.368. The zero-order valence-electron chi connectivity index (χ0n) is 9.97. The molecule has 0 aliphatic carbocycles. The molecule has 0 saturated heterocycles. The first-order valence-corrected chi connectivity index (χ1v) is 5.52. The zero-order valence-corrected chi connectivity index (χ0v) is 9.97. The molecule has 0 aliphatic heterocycles. The van der Waals surface area contributed by atoms with Gasteiger partial charge in [0.2, 0.25) is 5.89 Å². The predicted octanol–water partition coefficient (Wildman–Crippen LogP) is 0.517. The summed E-state index contributed by atoms with van der Waals surface area (Å²) in [5, 5.41) is 6.72. The van der Waals surface area contributed by atoms with E-state index in [4.69, 9.17) is 4.52 Å². The van der Waals surface area contributed by atoms with E-state index in [1.54, 1.807) is 6.07 Å². The predicted molar refractivity (Wildman–Crippen MR) is 61.8 cm³/mol. The van der Waals surface area contributed by atoms with Gasteiger partial charge in [0, 0.05) is 25.2 Å². The first-order chi connectivity index (χ1) is 8.79. The van der Waals surface area contributed by atoms with Gasteiger partial charge < -0.3 is 19.6 Å². The number of rotatable bonds is 6. The van der Waals surface area contributed by atoms with Crippen molar-refractivity contribution in [2.24, 2.45) is 0 Å². The van der Waals surface area contributed by atoms with E-state index >= 15 is 0 Å². The summed E-state index contributed by atoms with van der Waals surface area (Å²) in [7, 11) is 1.35. The van der Waals surface area contributed by atoms with Gasteiger partial charge in [-0.3, -0.25) is 0 Å². The largest absolute Gasteiger partial charge is 0.464 e. The summed E-state index contributed by atoms with van der Waals surface area (Å²) in [5.74, 6) is 0.233. The summed E-state index contributed by atoms with van der Waals surface area (Å²) in [6, 6.07) is 3.53. The van der Waals surface area contributed by atoms with Crippen LogP contribution in [-0.2, 0) is 17.7 Å². The van der Waals surface area contributed by atoms with E-state index in [2.05, 4.69) is 25.2 Å². The standard InChI is InChI=1S/C11H14N4O3/c1-17-11(16)9-3-2-8(15-9)6-12-5-4-10-13-7-14-18-10/h2-3,7,12,15H,4-6H2,1H3. The first kappa shape index (κ1) is 12.3. The molecule has 2 aromatic heterocycles. The van der Waals surface area contributed by atoms with Crippen LogP contribution in [0.15, 0.2) is 23.0 Å². The number of aromatic amines is 1. The van der Waals surface area contributed by atoms with Crippen LogP contribution in [0, 0.1) is 0 Å². The van der Waals surface area contributed by atoms with Crippen molar-refractivity contribution in [2.45, 2.75) is 13.0 Å². The molecule has 0 spiro atoms. The lowest BCUT2D eigenvalue weighted by atomic mass is 10.4. The molecule has 2 heterocycles. The highest BCUT2D eigenvalue weighted by atomic mass is 16.5. The Bertz CT molecular complexity index is 492. The van der Waals surface area contributed by atoms with Gasteiger partial charge in [0.1, 0.15) is 5.69 Å². The van der Waals surface area contributed by atoms with Crippen molar-refractivity contribution in [3.8, 4) is 0 Å². The van der Waals surface area contributed by atoms with Gasteiger partial charge in [0.05, 0.1) is 7.11 Å². The third kappa shape index (κ3) is 3.17. The van der Waals surface area contributed by atoms with Crippen LogP contribution < -0.4 is 5.32 Å². The Labute approximate surface area is 104 Å². The summed E-state index contributed by atoms with van der Waals surface area (Å²) in [6.07, 6.45) is 2.05. The van der Waals surface area contributed by atoms with Crippen LogP contribution in [0.4, 0.5) is 0 Å². The van der Waals surface area contributed by atoms with Crippen LogP contribution in [0.5, 0.6) is 0 Å². The average Bonchev–Trinajstić information content (AvgIpc) is 3.05. The molecule has 96 valence electrons. The Morgan fingerprint density at radius 1 is 1.56 bits per heavy atom. The third-order valence-electron chi connectivity index (χ3n) is 2.39. The van der Waals surface area contributed by atoms with Crippen molar-refractivity contribution in [3.63, 3.8) is 0 Å². The average molecular weight is 250 g/mol. The van der Waals surface area contributed by atoms with Gasteiger partial charge in [0.25, 0.3) is 0 Å². The van der Waals surface area contributed by atoms with Crippen molar-refractivity contribution >= 4 is 5.97 Å². The molecule has 0 radical (unpaired) electrons. The quantitative estimate of drug-likeness (QED) is 0.573. The van der Waals surface area contributed by atoms with E-state index in [9.17, 15) is 4.79 Å². The van der Waals surface area contributed by atoms with Gasteiger partial charge in [-0.15, -0.1) is 0 Å². The van der Waals surface area contributed by atoms with Gasteiger partial charge in [-0.25, -0.2) is 4.79 Å². The molecule has 0 saturated carbocycles. The fourth-order valence-electron chi connectivity index (χ4n) is 1.50. The van der Waals surface area contributed by atoms with Crippen LogP contribution in [0.1, 0.15) is 22.1 Å². The number of nitrogens with one attached hydrogen (secondary N) is 2. The topological polar surface area (TPSA) is 93.0 Å². The normalized spacial score (nSPS) is 10.5. The maximum Gasteiger partial charge on any atom is 0.354 e. The number of hydrogen-bond donors (Lipinski definition) is 2. The Hall–Kier alpha value is -2.15. The summed E-state index contributed by atoms with van der Waals surface area (Å²) < 4.78 is 9.47. The van der Waals surface area contributed by atoms with Crippen LogP contribution >= 0.6 is 0 Å². The molecule has 0 atom stereocenters. The van der Waals surface area contributed by atoms with Crippen molar-refractivity contribution in [2.75, 3.05) is 13.7 Å². The Morgan fingerprint density at radius 2 is 2.44 bits per heavy atom. The fourth-order valence-corrected chi connectivity index (χ4v) is 1.50. The molecule has 0 unspecified atom stereocenters. The molecular formula is C11H14N4O3. The molecule has 2 rings (SSSR count). The Kier molecular flexibility index (Phi) is 4.08. The lowest BCUT2D eigenvalue weighted by Gasteiger charge is -2.00. The van der Waals surface area contributed by atoms with E-state index in [0.29, 0.717) is 24.6 Å². The zero-order chi connectivity index (χ0) is 12.8. The molecule has 0 bridgehead atoms. The molecule has 2 aromatic rings. The summed E-state index contributed by atoms with van der Waals surface area (Å²) in [5.41, 5.74) is 1.37. The lowest BCUT2D eigenvalue weighted by Crippen LogP contribution is -2.17. The highest BCUT2D eigenvalue weighted by Crippen LogP contribution is 2.03. The fraction of sp³-hybridized carbons (Fsp3) is 0.364. The second kappa shape index (κ2) is 5.97. The van der Waals surface area contributed by atoms with Crippen molar-refractivity contribution < 1.29 is 14.1 Å². The number of ether oxygens (including phenoxy) is 1. The number of H-pyrrole nitrogens is 1. The summed E-state index contributed by atoms with van der Waals surface area (Å²) in [4.78, 5) is 18.1. The monoisotopic (exact) mass is 250 g/mol. The third-order valence-corrected chi connectivity index (χ3v) is 2.39. The Balaban J connectivity index is 1.73. The van der Waals surface area contributed by atoms with Crippen molar-refractivity contribution in [1.82, 2.24) is 20.4 Å². The van der Waals surface area contributed by atoms with Crippen molar-refractivity contribution in [1.29, 1.82) is 0 Å². The van der Waals surface area contributed by atoms with Gasteiger partial charge >= 0.3 is 5.97 Å². The van der Waals surface area contributed by atoms with Gasteiger partial charge in [-0.05, 0) is 12.1 Å². The summed E-state index contributed by atoms with van der Waals surface area (Å²) >= 11 is 0. The van der Waals surface area contributed by atoms with Crippen LogP contribution in [0.3, 0.4) is 0 Å². The van der Waals surface area contributed by atoms with Gasteiger partial charge in [-0.1, -0.05) is 5.16 Å². The lowest BCUT2D eigenvalue weighted by molar-refractivity contribution is 0.0594. The highest BCUT2D eigenvalue weighted by molar-refractivity contribution is 5.87. The number of carbonyl (C=O) groups excluding carboxylic acids is 1. The van der Waals surface area contributed by atoms with E-state index in [-0.39, 0.29) is 5.97 Å². The Morgan fingerprint density at radius 3 is 3.17 bits per heavy atom. The molecule has 0 amide bonds.